The first-order chi connectivity index (χ1) is 11.3. The van der Waals surface area contributed by atoms with Crippen LogP contribution in [0.15, 0.2) is 12.3 Å². The third-order valence-electron chi connectivity index (χ3n) is 4.04. The van der Waals surface area contributed by atoms with Gasteiger partial charge in [0.15, 0.2) is 5.69 Å². The predicted molar refractivity (Wildman–Crippen MR) is 81.4 cm³/mol. The Morgan fingerprint density at radius 3 is 2.75 bits per heavy atom. The van der Waals surface area contributed by atoms with E-state index in [-0.39, 0.29) is 17.7 Å². The van der Waals surface area contributed by atoms with Gasteiger partial charge in [-0.3, -0.25) is 4.68 Å². The molecule has 1 atom stereocenters. The third-order valence-corrected chi connectivity index (χ3v) is 4.04. The number of alkyl halides is 3. The van der Waals surface area contributed by atoms with E-state index in [2.05, 4.69) is 20.4 Å². The Morgan fingerprint density at radius 2 is 2.17 bits per heavy atom. The van der Waals surface area contributed by atoms with Gasteiger partial charge in [0.2, 0.25) is 5.95 Å². The van der Waals surface area contributed by atoms with Gasteiger partial charge < -0.3 is 10.1 Å². The van der Waals surface area contributed by atoms with Gasteiger partial charge in [-0.15, -0.1) is 0 Å². The minimum absolute atomic E-state index is 0.0216. The molecular formula is C15H18F3N5O. The molecule has 1 fully saturated rings. The second-order valence-electron chi connectivity index (χ2n) is 5.74. The van der Waals surface area contributed by atoms with E-state index in [0.717, 1.165) is 24.6 Å². The maximum absolute atomic E-state index is 13.1. The number of anilines is 1. The lowest BCUT2D eigenvalue weighted by Crippen LogP contribution is -2.21. The van der Waals surface area contributed by atoms with Crippen molar-refractivity contribution in [2.75, 3.05) is 18.5 Å². The standard InChI is InChI=1S/C15H18F3N5O/c1-9-11(8-20-23(9)2)12-6-13(15(16,17)18)22-14(21-12)19-7-10-4-3-5-24-10/h6,8,10H,3-5,7H2,1-2H3,(H,19,21,22)/t10-/m0/s1. The largest absolute Gasteiger partial charge is 0.433 e. The van der Waals surface area contributed by atoms with Gasteiger partial charge in [-0.25, -0.2) is 9.97 Å². The molecule has 3 heterocycles. The molecule has 2 aromatic rings. The van der Waals surface area contributed by atoms with E-state index in [1.807, 2.05) is 0 Å². The first kappa shape index (κ1) is 16.7. The van der Waals surface area contributed by atoms with E-state index in [0.29, 0.717) is 18.7 Å². The van der Waals surface area contributed by atoms with Crippen molar-refractivity contribution in [3.05, 3.63) is 23.7 Å². The van der Waals surface area contributed by atoms with Gasteiger partial charge in [0, 0.05) is 31.5 Å². The van der Waals surface area contributed by atoms with E-state index in [1.54, 1.807) is 18.7 Å². The lowest BCUT2D eigenvalue weighted by Gasteiger charge is -2.14. The summed E-state index contributed by atoms with van der Waals surface area (Å²) in [6, 6.07) is 0.946. The number of nitrogens with one attached hydrogen (secondary N) is 1. The van der Waals surface area contributed by atoms with Crippen LogP contribution in [0.1, 0.15) is 24.2 Å². The SMILES string of the molecule is Cc1c(-c2cc(C(F)(F)F)nc(NC[C@@H]3CCCO3)n2)cnn1C. The van der Waals surface area contributed by atoms with Crippen molar-refractivity contribution in [1.82, 2.24) is 19.7 Å². The number of aryl methyl sites for hydroxylation is 1. The number of hydrogen-bond donors (Lipinski definition) is 1. The Balaban J connectivity index is 1.92. The molecule has 0 aromatic carbocycles. The molecule has 0 spiro atoms. The summed E-state index contributed by atoms with van der Waals surface area (Å²) in [4.78, 5) is 7.82. The molecule has 0 amide bonds. The van der Waals surface area contributed by atoms with Gasteiger partial charge in [0.05, 0.1) is 18.0 Å². The zero-order valence-corrected chi connectivity index (χ0v) is 13.4. The minimum Gasteiger partial charge on any atom is -0.376 e. The second kappa shape index (κ2) is 6.39. The van der Waals surface area contributed by atoms with Crippen molar-refractivity contribution in [2.45, 2.75) is 32.0 Å². The fourth-order valence-electron chi connectivity index (χ4n) is 2.57. The normalized spacial score (nSPS) is 18.1. The van der Waals surface area contributed by atoms with E-state index in [4.69, 9.17) is 4.74 Å². The Morgan fingerprint density at radius 1 is 1.38 bits per heavy atom. The molecule has 3 rings (SSSR count). The number of halogens is 3. The van der Waals surface area contributed by atoms with Gasteiger partial charge in [0.25, 0.3) is 0 Å². The molecule has 0 aliphatic carbocycles. The first-order valence-corrected chi connectivity index (χ1v) is 7.65. The zero-order chi connectivity index (χ0) is 17.3. The topological polar surface area (TPSA) is 64.9 Å². The summed E-state index contributed by atoms with van der Waals surface area (Å²) in [6.45, 7) is 2.83. The van der Waals surface area contributed by atoms with Crippen molar-refractivity contribution in [2.24, 2.45) is 7.05 Å². The smallest absolute Gasteiger partial charge is 0.376 e. The van der Waals surface area contributed by atoms with Crippen LogP contribution < -0.4 is 5.32 Å². The van der Waals surface area contributed by atoms with Crippen molar-refractivity contribution < 1.29 is 17.9 Å². The lowest BCUT2D eigenvalue weighted by molar-refractivity contribution is -0.141. The van der Waals surface area contributed by atoms with Crippen molar-refractivity contribution in [3.63, 3.8) is 0 Å². The molecule has 0 saturated carbocycles. The van der Waals surface area contributed by atoms with Crippen molar-refractivity contribution in [1.29, 1.82) is 0 Å². The van der Waals surface area contributed by atoms with Crippen LogP contribution in [0.5, 0.6) is 0 Å². The average molecular weight is 341 g/mol. The van der Waals surface area contributed by atoms with E-state index in [1.165, 1.54) is 6.20 Å². The molecular weight excluding hydrogens is 323 g/mol. The fourth-order valence-corrected chi connectivity index (χ4v) is 2.57. The highest BCUT2D eigenvalue weighted by Gasteiger charge is 2.34. The molecule has 1 saturated heterocycles. The lowest BCUT2D eigenvalue weighted by atomic mass is 10.1. The van der Waals surface area contributed by atoms with Crippen LogP contribution >= 0.6 is 0 Å². The third kappa shape index (κ3) is 3.50. The van der Waals surface area contributed by atoms with Gasteiger partial charge in [-0.2, -0.15) is 18.3 Å². The van der Waals surface area contributed by atoms with E-state index < -0.39 is 11.9 Å². The number of hydrogen-bond acceptors (Lipinski definition) is 5. The van der Waals surface area contributed by atoms with Crippen molar-refractivity contribution >= 4 is 5.95 Å². The van der Waals surface area contributed by atoms with Gasteiger partial charge in [-0.05, 0) is 25.8 Å². The Kier molecular flexibility index (Phi) is 4.44. The number of rotatable bonds is 4. The van der Waals surface area contributed by atoms with Crippen LogP contribution in [0.2, 0.25) is 0 Å². The molecule has 0 radical (unpaired) electrons. The van der Waals surface area contributed by atoms with Crippen LogP contribution in [0.3, 0.4) is 0 Å². The Labute approximate surface area is 137 Å². The first-order valence-electron chi connectivity index (χ1n) is 7.65. The Bertz CT molecular complexity index is 722. The monoisotopic (exact) mass is 341 g/mol. The van der Waals surface area contributed by atoms with Crippen LogP contribution in [-0.4, -0.2) is 39.0 Å². The summed E-state index contributed by atoms with van der Waals surface area (Å²) in [6.07, 6.45) is -1.24. The summed E-state index contributed by atoms with van der Waals surface area (Å²) in [5, 5.41) is 6.92. The molecule has 24 heavy (non-hydrogen) atoms. The van der Waals surface area contributed by atoms with Gasteiger partial charge in [-0.1, -0.05) is 0 Å². The molecule has 1 aliphatic heterocycles. The Hall–Kier alpha value is -2.16. The average Bonchev–Trinajstić information content (AvgIpc) is 3.15. The molecule has 9 heteroatoms. The molecule has 6 nitrogen and oxygen atoms in total. The quantitative estimate of drug-likeness (QED) is 0.926. The summed E-state index contributed by atoms with van der Waals surface area (Å²) in [5.41, 5.74) is 0.487. The highest BCUT2D eigenvalue weighted by atomic mass is 19.4. The molecule has 0 unspecified atom stereocenters. The summed E-state index contributed by atoms with van der Waals surface area (Å²) < 4.78 is 46.5. The molecule has 2 aromatic heterocycles. The maximum atomic E-state index is 13.1. The zero-order valence-electron chi connectivity index (χ0n) is 13.4. The molecule has 1 aliphatic rings. The molecule has 0 bridgehead atoms. The fraction of sp³-hybridized carbons (Fsp3) is 0.533. The van der Waals surface area contributed by atoms with Crippen LogP contribution in [0.25, 0.3) is 11.3 Å². The van der Waals surface area contributed by atoms with E-state index >= 15 is 0 Å². The number of nitrogens with zero attached hydrogens (tertiary/aromatic N) is 4. The summed E-state index contributed by atoms with van der Waals surface area (Å²) in [7, 11) is 1.72. The van der Waals surface area contributed by atoms with Gasteiger partial charge >= 0.3 is 6.18 Å². The van der Waals surface area contributed by atoms with Crippen LogP contribution in [0.4, 0.5) is 19.1 Å². The highest BCUT2D eigenvalue weighted by Crippen LogP contribution is 2.32. The van der Waals surface area contributed by atoms with Crippen LogP contribution in [0, 0.1) is 6.92 Å². The number of aromatic nitrogens is 4. The van der Waals surface area contributed by atoms with E-state index in [9.17, 15) is 13.2 Å². The minimum atomic E-state index is -4.55. The number of ether oxygens (including phenoxy) is 1. The van der Waals surface area contributed by atoms with Gasteiger partial charge in [0.1, 0.15) is 0 Å². The molecule has 130 valence electrons. The summed E-state index contributed by atoms with van der Waals surface area (Å²) >= 11 is 0. The predicted octanol–water partition coefficient (Wildman–Crippen LogP) is 2.80. The van der Waals surface area contributed by atoms with Crippen LogP contribution in [-0.2, 0) is 18.0 Å². The highest BCUT2D eigenvalue weighted by molar-refractivity contribution is 5.62. The van der Waals surface area contributed by atoms with Crippen molar-refractivity contribution in [3.8, 4) is 11.3 Å². The maximum Gasteiger partial charge on any atom is 0.433 e. The molecule has 1 N–H and O–H groups in total. The second-order valence-corrected chi connectivity index (χ2v) is 5.74. The summed E-state index contributed by atoms with van der Waals surface area (Å²) in [5.74, 6) is -0.0569.